The maximum absolute atomic E-state index is 13.4. The average Bonchev–Trinajstić information content (AvgIpc) is 3.01. The monoisotopic (exact) mass is 338 g/mol. The van der Waals surface area contributed by atoms with Crippen molar-refractivity contribution in [3.8, 4) is 0 Å². The average molecular weight is 338 g/mol. The van der Waals surface area contributed by atoms with Crippen molar-refractivity contribution in [2.24, 2.45) is 0 Å². The zero-order valence-corrected chi connectivity index (χ0v) is 13.9. The minimum atomic E-state index is -1.05. The van der Waals surface area contributed by atoms with Crippen LogP contribution in [0.5, 0.6) is 0 Å². The van der Waals surface area contributed by atoms with E-state index in [4.69, 9.17) is 9.84 Å². The second kappa shape index (κ2) is 8.21. The van der Waals surface area contributed by atoms with Crippen molar-refractivity contribution in [3.05, 3.63) is 35.6 Å². The van der Waals surface area contributed by atoms with E-state index in [2.05, 4.69) is 0 Å². The lowest BCUT2D eigenvalue weighted by Gasteiger charge is -2.27. The first-order valence-electron chi connectivity index (χ1n) is 7.93. The highest BCUT2D eigenvalue weighted by Gasteiger charge is 2.36. The molecule has 1 aromatic rings. The maximum Gasteiger partial charge on any atom is 0.332 e. The number of aliphatic carboxylic acids is 1. The van der Waals surface area contributed by atoms with Crippen molar-refractivity contribution in [3.63, 3.8) is 0 Å². The zero-order valence-electron chi connectivity index (χ0n) is 13.9. The largest absolute Gasteiger partial charge is 0.479 e. The number of hydrogen-bond acceptors (Lipinski definition) is 4. The van der Waals surface area contributed by atoms with Crippen LogP contribution in [-0.4, -0.2) is 66.2 Å². The Labute approximate surface area is 140 Å². The summed E-state index contributed by atoms with van der Waals surface area (Å²) >= 11 is 0. The van der Waals surface area contributed by atoms with Crippen LogP contribution in [0, 0.1) is 5.82 Å². The van der Waals surface area contributed by atoms with Gasteiger partial charge in [0.2, 0.25) is 0 Å². The van der Waals surface area contributed by atoms with Gasteiger partial charge in [-0.05, 0) is 44.6 Å². The predicted octanol–water partition coefficient (Wildman–Crippen LogP) is 1.35. The van der Waals surface area contributed by atoms with Gasteiger partial charge in [0.05, 0.1) is 0 Å². The van der Waals surface area contributed by atoms with E-state index >= 15 is 0 Å². The smallest absolute Gasteiger partial charge is 0.332 e. The normalized spacial score (nSPS) is 20.3. The number of amides is 1. The number of ether oxygens (including phenoxy) is 1. The van der Waals surface area contributed by atoms with E-state index in [1.807, 2.05) is 19.0 Å². The summed E-state index contributed by atoms with van der Waals surface area (Å²) in [6, 6.07) is 6.11. The zero-order chi connectivity index (χ0) is 17.7. The van der Waals surface area contributed by atoms with Crippen molar-refractivity contribution < 1.29 is 23.8 Å². The highest BCUT2D eigenvalue weighted by molar-refractivity contribution is 5.82. The van der Waals surface area contributed by atoms with Gasteiger partial charge < -0.3 is 19.6 Å². The van der Waals surface area contributed by atoms with Crippen LogP contribution < -0.4 is 0 Å². The molecule has 1 saturated heterocycles. The third-order valence-electron chi connectivity index (χ3n) is 3.96. The van der Waals surface area contributed by atoms with Gasteiger partial charge in [0, 0.05) is 19.6 Å². The number of carbonyl (C=O) groups excluding carboxylic acids is 1. The summed E-state index contributed by atoms with van der Waals surface area (Å²) in [6.07, 6.45) is -0.962. The number of carbonyl (C=O) groups is 2. The molecule has 0 spiro atoms. The van der Waals surface area contributed by atoms with E-state index in [0.29, 0.717) is 31.5 Å². The predicted molar refractivity (Wildman–Crippen MR) is 85.9 cm³/mol. The minimum absolute atomic E-state index is 0.245. The minimum Gasteiger partial charge on any atom is -0.479 e. The Morgan fingerprint density at radius 1 is 1.25 bits per heavy atom. The first kappa shape index (κ1) is 18.4. The van der Waals surface area contributed by atoms with E-state index in [1.54, 1.807) is 17.0 Å². The van der Waals surface area contributed by atoms with E-state index in [1.165, 1.54) is 12.1 Å². The molecule has 1 heterocycles. The Hall–Kier alpha value is -1.99. The molecule has 1 fully saturated rings. The standard InChI is InChI=1S/C17H23FN2O4/c1-19(2)8-9-20(11-12-4-3-5-13(18)10-12)16(21)14-6-7-15(24-14)17(22)23/h3-5,10,14-15H,6-9,11H2,1-2H3,(H,22,23)/t14-,15+/m0/s1. The molecule has 0 bridgehead atoms. The fourth-order valence-corrected chi connectivity index (χ4v) is 2.65. The van der Waals surface area contributed by atoms with Gasteiger partial charge in [-0.3, -0.25) is 4.79 Å². The van der Waals surface area contributed by atoms with Crippen molar-refractivity contribution in [1.82, 2.24) is 9.80 Å². The Bertz CT molecular complexity index is 594. The highest BCUT2D eigenvalue weighted by atomic mass is 19.1. The van der Waals surface area contributed by atoms with Gasteiger partial charge in [0.25, 0.3) is 5.91 Å². The van der Waals surface area contributed by atoms with Crippen LogP contribution in [0.1, 0.15) is 18.4 Å². The lowest BCUT2D eigenvalue weighted by molar-refractivity contribution is -0.155. The summed E-state index contributed by atoms with van der Waals surface area (Å²) in [4.78, 5) is 27.2. The molecule has 7 heteroatoms. The first-order valence-corrected chi connectivity index (χ1v) is 7.93. The lowest BCUT2D eigenvalue weighted by atomic mass is 10.1. The second-order valence-corrected chi connectivity index (χ2v) is 6.22. The SMILES string of the molecule is CN(C)CCN(Cc1cccc(F)c1)C(=O)[C@@H]1CC[C@H](C(=O)O)O1. The summed E-state index contributed by atoms with van der Waals surface area (Å²) in [7, 11) is 3.80. The van der Waals surface area contributed by atoms with Gasteiger partial charge in [-0.25, -0.2) is 9.18 Å². The van der Waals surface area contributed by atoms with E-state index in [0.717, 1.165) is 0 Å². The van der Waals surface area contributed by atoms with Crippen LogP contribution in [0.2, 0.25) is 0 Å². The summed E-state index contributed by atoms with van der Waals surface area (Å²) in [6.45, 7) is 1.37. The highest BCUT2D eigenvalue weighted by Crippen LogP contribution is 2.22. The molecule has 6 nitrogen and oxygen atoms in total. The molecule has 1 amide bonds. The maximum atomic E-state index is 13.4. The topological polar surface area (TPSA) is 70.1 Å². The van der Waals surface area contributed by atoms with E-state index in [-0.39, 0.29) is 18.3 Å². The molecule has 2 atom stereocenters. The third-order valence-corrected chi connectivity index (χ3v) is 3.96. The molecule has 0 saturated carbocycles. The summed E-state index contributed by atoms with van der Waals surface area (Å²) < 4.78 is 18.7. The van der Waals surface area contributed by atoms with Crippen LogP contribution in [0.25, 0.3) is 0 Å². The van der Waals surface area contributed by atoms with E-state index < -0.39 is 18.2 Å². The second-order valence-electron chi connectivity index (χ2n) is 6.22. The summed E-state index contributed by atoms with van der Waals surface area (Å²) in [5.41, 5.74) is 0.690. The fraction of sp³-hybridized carbons (Fsp3) is 0.529. The first-order chi connectivity index (χ1) is 11.4. The lowest BCUT2D eigenvalue weighted by Crippen LogP contribution is -2.42. The number of hydrogen-bond donors (Lipinski definition) is 1. The molecule has 1 aliphatic rings. The molecule has 2 rings (SSSR count). The molecule has 1 N–H and O–H groups in total. The third kappa shape index (κ3) is 5.01. The summed E-state index contributed by atoms with van der Waals surface area (Å²) in [5, 5.41) is 9.00. The van der Waals surface area contributed by atoms with Crippen LogP contribution in [-0.2, 0) is 20.9 Å². The number of carboxylic acids is 1. The molecule has 0 unspecified atom stereocenters. The van der Waals surface area contributed by atoms with Crippen molar-refractivity contribution in [2.45, 2.75) is 31.6 Å². The number of benzene rings is 1. The Kier molecular flexibility index (Phi) is 6.28. The number of likely N-dealkylation sites (N-methyl/N-ethyl adjacent to an activating group) is 1. The molecule has 132 valence electrons. The fourth-order valence-electron chi connectivity index (χ4n) is 2.65. The molecule has 24 heavy (non-hydrogen) atoms. The van der Waals surface area contributed by atoms with Gasteiger partial charge >= 0.3 is 5.97 Å². The van der Waals surface area contributed by atoms with Gasteiger partial charge in [0.15, 0.2) is 6.10 Å². The Morgan fingerprint density at radius 2 is 1.96 bits per heavy atom. The summed E-state index contributed by atoms with van der Waals surface area (Å²) in [5.74, 6) is -1.64. The van der Waals surface area contributed by atoms with Crippen LogP contribution in [0.15, 0.2) is 24.3 Å². The molecule has 1 aromatic carbocycles. The number of rotatable bonds is 7. The quantitative estimate of drug-likeness (QED) is 0.813. The molecule has 0 aromatic heterocycles. The van der Waals surface area contributed by atoms with Gasteiger partial charge in [0.1, 0.15) is 11.9 Å². The van der Waals surface area contributed by atoms with Crippen LogP contribution in [0.4, 0.5) is 4.39 Å². The molecular formula is C17H23FN2O4. The van der Waals surface area contributed by atoms with Gasteiger partial charge in [-0.15, -0.1) is 0 Å². The van der Waals surface area contributed by atoms with Gasteiger partial charge in [-0.2, -0.15) is 0 Å². The molecular weight excluding hydrogens is 315 g/mol. The van der Waals surface area contributed by atoms with Gasteiger partial charge in [-0.1, -0.05) is 12.1 Å². The Balaban J connectivity index is 2.07. The molecule has 0 aliphatic carbocycles. The Morgan fingerprint density at radius 3 is 2.54 bits per heavy atom. The van der Waals surface area contributed by atoms with Crippen LogP contribution >= 0.6 is 0 Å². The number of halogens is 1. The number of nitrogens with zero attached hydrogens (tertiary/aromatic N) is 2. The molecule has 0 radical (unpaired) electrons. The molecule has 1 aliphatic heterocycles. The number of carboxylic acid groups (broad SMARTS) is 1. The van der Waals surface area contributed by atoms with Crippen molar-refractivity contribution in [2.75, 3.05) is 27.2 Å². The van der Waals surface area contributed by atoms with Crippen LogP contribution in [0.3, 0.4) is 0 Å². The van der Waals surface area contributed by atoms with E-state index in [9.17, 15) is 14.0 Å². The van der Waals surface area contributed by atoms with Crippen molar-refractivity contribution >= 4 is 11.9 Å². The van der Waals surface area contributed by atoms with Crippen molar-refractivity contribution in [1.29, 1.82) is 0 Å².